The lowest BCUT2D eigenvalue weighted by atomic mass is 10.1. The fourth-order valence-corrected chi connectivity index (χ4v) is 3.90. The largest absolute Gasteiger partial charge is 0.408 e. The first-order valence-corrected chi connectivity index (χ1v) is 9.75. The summed E-state index contributed by atoms with van der Waals surface area (Å²) in [6.45, 7) is 1.84. The second-order valence-corrected chi connectivity index (χ2v) is 7.57. The molecule has 2 aliphatic heterocycles. The van der Waals surface area contributed by atoms with E-state index in [4.69, 9.17) is 4.74 Å². The van der Waals surface area contributed by atoms with Crippen LogP contribution < -0.4 is 15.4 Å². The van der Waals surface area contributed by atoms with Gasteiger partial charge in [-0.25, -0.2) is 4.39 Å². The lowest BCUT2D eigenvalue weighted by molar-refractivity contribution is -0.153. The molecule has 4 rings (SSSR count). The van der Waals surface area contributed by atoms with Crippen molar-refractivity contribution in [3.8, 4) is 0 Å². The molecule has 2 aromatic heterocycles. The minimum absolute atomic E-state index is 0.156. The lowest BCUT2D eigenvalue weighted by Gasteiger charge is -2.40. The van der Waals surface area contributed by atoms with Crippen LogP contribution in [0.25, 0.3) is 0 Å². The molecule has 0 aromatic carbocycles. The highest BCUT2D eigenvalue weighted by Gasteiger charge is 2.47. The topological polar surface area (TPSA) is 63.5 Å². The molecule has 1 saturated heterocycles. The van der Waals surface area contributed by atoms with Crippen LogP contribution in [0.15, 0.2) is 23.1 Å². The molecule has 0 bridgehead atoms. The van der Waals surface area contributed by atoms with Crippen LogP contribution in [0.1, 0.15) is 19.0 Å². The number of fused-ring (bicyclic) bond motifs is 1. The second-order valence-electron chi connectivity index (χ2n) is 7.57. The maximum atomic E-state index is 14.9. The van der Waals surface area contributed by atoms with Crippen molar-refractivity contribution in [3.63, 3.8) is 0 Å². The van der Waals surface area contributed by atoms with Crippen molar-refractivity contribution in [1.29, 1.82) is 0 Å². The van der Waals surface area contributed by atoms with Gasteiger partial charge in [-0.2, -0.15) is 22.5 Å². The van der Waals surface area contributed by atoms with E-state index in [2.05, 4.69) is 9.97 Å². The van der Waals surface area contributed by atoms with E-state index in [1.54, 1.807) is 6.92 Å². The molecule has 0 aliphatic carbocycles. The van der Waals surface area contributed by atoms with E-state index in [0.29, 0.717) is 0 Å². The quantitative estimate of drug-likeness (QED) is 0.677. The Morgan fingerprint density at radius 3 is 2.65 bits per heavy atom. The molecule has 168 valence electrons. The number of pyridine rings is 1. The maximum absolute atomic E-state index is 14.9. The SMILES string of the molecule is C[C@@H]1COCCN1c1nc2n(c(=O)c1F)CC[C@@H](C(F)(F)F)N2Cc1ccc(F)cn1. The molecular weight excluding hydrogens is 425 g/mol. The van der Waals surface area contributed by atoms with Gasteiger partial charge in [0.05, 0.1) is 37.7 Å². The van der Waals surface area contributed by atoms with Crippen molar-refractivity contribution < 1.29 is 26.7 Å². The van der Waals surface area contributed by atoms with Gasteiger partial charge >= 0.3 is 6.18 Å². The molecule has 12 heteroatoms. The number of hydrogen-bond donors (Lipinski definition) is 0. The van der Waals surface area contributed by atoms with E-state index >= 15 is 0 Å². The summed E-state index contributed by atoms with van der Waals surface area (Å²) < 4.78 is 75.8. The molecule has 0 N–H and O–H groups in total. The van der Waals surface area contributed by atoms with E-state index < -0.39 is 35.8 Å². The van der Waals surface area contributed by atoms with Crippen molar-refractivity contribution in [1.82, 2.24) is 14.5 Å². The normalized spacial score (nSPS) is 21.9. The minimum Gasteiger partial charge on any atom is -0.377 e. The van der Waals surface area contributed by atoms with Crippen LogP contribution in [0.2, 0.25) is 0 Å². The molecule has 0 spiro atoms. The Hall–Kier alpha value is -2.76. The van der Waals surface area contributed by atoms with Crippen molar-refractivity contribution in [2.24, 2.45) is 0 Å². The molecule has 2 aromatic rings. The summed E-state index contributed by atoms with van der Waals surface area (Å²) in [4.78, 5) is 23.1. The first-order valence-electron chi connectivity index (χ1n) is 9.75. The number of alkyl halides is 3. The Morgan fingerprint density at radius 1 is 1.23 bits per heavy atom. The average molecular weight is 445 g/mol. The number of ether oxygens (including phenoxy) is 1. The van der Waals surface area contributed by atoms with E-state index in [1.165, 1.54) is 11.0 Å². The van der Waals surface area contributed by atoms with Crippen LogP contribution in [0.3, 0.4) is 0 Å². The number of halogens is 5. The Morgan fingerprint density at radius 2 is 2.00 bits per heavy atom. The molecule has 0 radical (unpaired) electrons. The number of aromatic nitrogens is 3. The van der Waals surface area contributed by atoms with E-state index in [0.717, 1.165) is 21.7 Å². The average Bonchev–Trinajstić information content (AvgIpc) is 2.72. The molecule has 0 unspecified atom stereocenters. The van der Waals surface area contributed by atoms with Crippen molar-refractivity contribution in [3.05, 3.63) is 46.0 Å². The third-order valence-corrected chi connectivity index (χ3v) is 5.47. The van der Waals surface area contributed by atoms with Crippen LogP contribution in [0.4, 0.5) is 33.7 Å². The van der Waals surface area contributed by atoms with Crippen molar-refractivity contribution >= 4 is 11.8 Å². The summed E-state index contributed by atoms with van der Waals surface area (Å²) in [5.41, 5.74) is -0.875. The van der Waals surface area contributed by atoms with E-state index in [9.17, 15) is 26.7 Å². The third kappa shape index (κ3) is 4.08. The van der Waals surface area contributed by atoms with Crippen LogP contribution in [-0.4, -0.2) is 52.6 Å². The smallest absolute Gasteiger partial charge is 0.377 e. The lowest BCUT2D eigenvalue weighted by Crippen LogP contribution is -2.53. The molecule has 31 heavy (non-hydrogen) atoms. The Balaban J connectivity index is 1.82. The molecule has 7 nitrogen and oxygen atoms in total. The summed E-state index contributed by atoms with van der Waals surface area (Å²) in [6, 6.07) is 0.0777. The standard InChI is InChI=1S/C19H20F5N5O2/c1-11-10-31-7-6-27(11)16-15(21)17(30)28-5-4-14(19(22,23)24)29(18(28)26-16)9-13-3-2-12(20)8-25-13/h2-3,8,11,14H,4-7,9-10H2,1H3/t11-,14+/m1/s1. The summed E-state index contributed by atoms with van der Waals surface area (Å²) in [5, 5.41) is 0. The second kappa shape index (κ2) is 8.06. The molecule has 2 aliphatic rings. The van der Waals surface area contributed by atoms with Crippen molar-refractivity contribution in [2.75, 3.05) is 29.6 Å². The summed E-state index contributed by atoms with van der Waals surface area (Å²) in [5.74, 6) is -2.33. The zero-order chi connectivity index (χ0) is 22.3. The predicted molar refractivity (Wildman–Crippen MR) is 101 cm³/mol. The number of rotatable bonds is 3. The maximum Gasteiger partial charge on any atom is 0.408 e. The van der Waals surface area contributed by atoms with E-state index in [-0.39, 0.29) is 56.4 Å². The van der Waals surface area contributed by atoms with Crippen molar-refractivity contribution in [2.45, 2.75) is 44.7 Å². The van der Waals surface area contributed by atoms with Gasteiger partial charge in [-0.3, -0.25) is 14.3 Å². The van der Waals surface area contributed by atoms with Gasteiger partial charge in [0.25, 0.3) is 5.56 Å². The zero-order valence-electron chi connectivity index (χ0n) is 16.6. The van der Waals surface area contributed by atoms with Gasteiger partial charge in [0.1, 0.15) is 11.9 Å². The Kier molecular flexibility index (Phi) is 5.58. The van der Waals surface area contributed by atoms with E-state index in [1.807, 2.05) is 0 Å². The van der Waals surface area contributed by atoms with Gasteiger partial charge in [-0.15, -0.1) is 0 Å². The fraction of sp³-hybridized carbons (Fsp3) is 0.526. The van der Waals surface area contributed by atoms with Gasteiger partial charge in [0.15, 0.2) is 5.82 Å². The number of hydrogen-bond acceptors (Lipinski definition) is 6. The monoisotopic (exact) mass is 445 g/mol. The molecule has 1 fully saturated rings. The Labute approximate surface area is 174 Å². The molecule has 0 amide bonds. The zero-order valence-corrected chi connectivity index (χ0v) is 16.6. The van der Waals surface area contributed by atoms with Gasteiger partial charge in [0, 0.05) is 13.1 Å². The number of anilines is 2. The predicted octanol–water partition coefficient (Wildman–Crippen LogP) is 2.48. The minimum atomic E-state index is -4.62. The van der Waals surface area contributed by atoms with Gasteiger partial charge < -0.3 is 14.5 Å². The summed E-state index contributed by atoms with van der Waals surface area (Å²) in [7, 11) is 0. The third-order valence-electron chi connectivity index (χ3n) is 5.47. The van der Waals surface area contributed by atoms with Gasteiger partial charge in [0.2, 0.25) is 11.8 Å². The molecule has 4 heterocycles. The molecular formula is C19H20F5N5O2. The summed E-state index contributed by atoms with van der Waals surface area (Å²) in [6.07, 6.45) is -4.18. The highest BCUT2D eigenvalue weighted by Crippen LogP contribution is 2.35. The highest BCUT2D eigenvalue weighted by molar-refractivity contribution is 5.49. The summed E-state index contributed by atoms with van der Waals surface area (Å²) >= 11 is 0. The van der Waals surface area contributed by atoms with Crippen LogP contribution in [0, 0.1) is 11.6 Å². The van der Waals surface area contributed by atoms with Crippen LogP contribution >= 0.6 is 0 Å². The fourth-order valence-electron chi connectivity index (χ4n) is 3.90. The Bertz CT molecular complexity index is 1010. The van der Waals surface area contributed by atoms with Gasteiger partial charge in [-0.05, 0) is 25.5 Å². The first kappa shape index (κ1) is 21.5. The van der Waals surface area contributed by atoms with Crippen LogP contribution in [-0.2, 0) is 17.8 Å². The number of morpholine rings is 1. The first-order chi connectivity index (χ1) is 14.7. The highest BCUT2D eigenvalue weighted by atomic mass is 19.4. The molecule has 0 saturated carbocycles. The van der Waals surface area contributed by atoms with Gasteiger partial charge in [-0.1, -0.05) is 0 Å². The van der Waals surface area contributed by atoms with Crippen LogP contribution in [0.5, 0.6) is 0 Å². The number of nitrogens with zero attached hydrogens (tertiary/aromatic N) is 5. The molecule has 2 atom stereocenters.